The first-order valence-electron chi connectivity index (χ1n) is 6.28. The molecular weight excluding hydrogens is 230 g/mol. The molecule has 1 rings (SSSR count). The van der Waals surface area contributed by atoms with Gasteiger partial charge in [-0.1, -0.05) is 19.1 Å². The molecule has 0 unspecified atom stereocenters. The first kappa shape index (κ1) is 14.5. The fraction of sp³-hybridized carbons (Fsp3) is 0.500. The van der Waals surface area contributed by atoms with Crippen LogP contribution in [0, 0.1) is 0 Å². The second-order valence-electron chi connectivity index (χ2n) is 4.01. The first-order chi connectivity index (χ1) is 8.72. The van der Waals surface area contributed by atoms with Crippen molar-refractivity contribution in [3.63, 3.8) is 0 Å². The second kappa shape index (κ2) is 8.53. The third-order valence-electron chi connectivity index (χ3n) is 2.28. The van der Waals surface area contributed by atoms with E-state index in [1.807, 2.05) is 24.3 Å². The molecule has 0 aliphatic carbocycles. The van der Waals surface area contributed by atoms with Gasteiger partial charge in [0.2, 0.25) is 0 Å². The van der Waals surface area contributed by atoms with Gasteiger partial charge in [-0.25, -0.2) is 0 Å². The lowest BCUT2D eigenvalue weighted by Crippen LogP contribution is -2.20. The van der Waals surface area contributed by atoms with Gasteiger partial charge in [0.05, 0.1) is 6.61 Å². The number of carbonyl (C=O) groups is 1. The van der Waals surface area contributed by atoms with Crippen LogP contribution in [-0.2, 0) is 16.1 Å². The highest BCUT2D eigenvalue weighted by molar-refractivity contribution is 5.65. The van der Waals surface area contributed by atoms with E-state index in [9.17, 15) is 4.79 Å². The quantitative estimate of drug-likeness (QED) is 0.568. The van der Waals surface area contributed by atoms with Gasteiger partial charge in [-0.05, 0) is 24.1 Å². The average Bonchev–Trinajstić information content (AvgIpc) is 2.36. The molecule has 0 heterocycles. The first-order valence-corrected chi connectivity index (χ1v) is 6.28. The highest BCUT2D eigenvalue weighted by Gasteiger charge is 1.97. The Morgan fingerprint density at radius 3 is 2.89 bits per heavy atom. The SMILES string of the molecule is CCCOc1cccc(CNCCOC(C)=O)c1. The summed E-state index contributed by atoms with van der Waals surface area (Å²) in [6.45, 7) is 6.03. The van der Waals surface area contributed by atoms with E-state index < -0.39 is 0 Å². The maximum atomic E-state index is 10.6. The smallest absolute Gasteiger partial charge is 0.302 e. The van der Waals surface area contributed by atoms with Crippen molar-refractivity contribution in [2.24, 2.45) is 0 Å². The van der Waals surface area contributed by atoms with Crippen LogP contribution in [0.4, 0.5) is 0 Å². The maximum Gasteiger partial charge on any atom is 0.302 e. The molecule has 0 radical (unpaired) electrons. The van der Waals surface area contributed by atoms with Crippen LogP contribution in [0.15, 0.2) is 24.3 Å². The van der Waals surface area contributed by atoms with Crippen molar-refractivity contribution in [3.05, 3.63) is 29.8 Å². The lowest BCUT2D eigenvalue weighted by Gasteiger charge is -2.08. The normalized spacial score (nSPS) is 10.1. The molecule has 0 aliphatic heterocycles. The van der Waals surface area contributed by atoms with Gasteiger partial charge in [0, 0.05) is 20.0 Å². The van der Waals surface area contributed by atoms with Gasteiger partial charge < -0.3 is 14.8 Å². The summed E-state index contributed by atoms with van der Waals surface area (Å²) in [5.74, 6) is 0.655. The number of ether oxygens (including phenoxy) is 2. The number of hydrogen-bond acceptors (Lipinski definition) is 4. The van der Waals surface area contributed by atoms with E-state index in [1.54, 1.807) is 0 Å². The standard InChI is InChI=1S/C14H21NO3/c1-3-8-18-14-6-4-5-13(10-14)11-15-7-9-17-12(2)16/h4-6,10,15H,3,7-9,11H2,1-2H3. The van der Waals surface area contributed by atoms with Crippen molar-refractivity contribution in [3.8, 4) is 5.75 Å². The van der Waals surface area contributed by atoms with Crippen molar-refractivity contribution >= 4 is 5.97 Å². The zero-order valence-electron chi connectivity index (χ0n) is 11.1. The van der Waals surface area contributed by atoms with E-state index in [0.717, 1.165) is 30.9 Å². The summed E-state index contributed by atoms with van der Waals surface area (Å²) in [5.41, 5.74) is 1.16. The molecule has 0 aliphatic rings. The summed E-state index contributed by atoms with van der Waals surface area (Å²) >= 11 is 0. The van der Waals surface area contributed by atoms with E-state index in [1.165, 1.54) is 6.92 Å². The van der Waals surface area contributed by atoms with E-state index >= 15 is 0 Å². The highest BCUT2D eigenvalue weighted by Crippen LogP contribution is 2.13. The molecule has 0 atom stereocenters. The fourth-order valence-corrected chi connectivity index (χ4v) is 1.46. The van der Waals surface area contributed by atoms with Gasteiger partial charge in [0.25, 0.3) is 0 Å². The number of rotatable bonds is 8. The Bertz CT molecular complexity index is 366. The summed E-state index contributed by atoms with van der Waals surface area (Å²) in [6.07, 6.45) is 1.00. The van der Waals surface area contributed by atoms with Crippen LogP contribution in [-0.4, -0.2) is 25.7 Å². The zero-order valence-corrected chi connectivity index (χ0v) is 11.1. The molecule has 18 heavy (non-hydrogen) atoms. The molecule has 0 saturated heterocycles. The van der Waals surface area contributed by atoms with E-state index in [2.05, 4.69) is 12.2 Å². The van der Waals surface area contributed by atoms with Crippen molar-refractivity contribution in [2.45, 2.75) is 26.8 Å². The third kappa shape index (κ3) is 6.25. The number of nitrogens with one attached hydrogen (secondary N) is 1. The van der Waals surface area contributed by atoms with Crippen LogP contribution in [0.5, 0.6) is 5.75 Å². The van der Waals surface area contributed by atoms with Crippen molar-refractivity contribution in [1.82, 2.24) is 5.32 Å². The van der Waals surface area contributed by atoms with Crippen molar-refractivity contribution in [1.29, 1.82) is 0 Å². The maximum absolute atomic E-state index is 10.6. The number of carbonyl (C=O) groups excluding carboxylic acids is 1. The summed E-state index contributed by atoms with van der Waals surface area (Å²) < 4.78 is 10.4. The van der Waals surface area contributed by atoms with E-state index in [0.29, 0.717) is 13.2 Å². The average molecular weight is 251 g/mol. The molecule has 1 aromatic carbocycles. The van der Waals surface area contributed by atoms with Crippen LogP contribution < -0.4 is 10.1 Å². The van der Waals surface area contributed by atoms with Gasteiger partial charge >= 0.3 is 5.97 Å². The monoisotopic (exact) mass is 251 g/mol. The van der Waals surface area contributed by atoms with Crippen LogP contribution in [0.2, 0.25) is 0 Å². The zero-order chi connectivity index (χ0) is 13.2. The molecule has 4 heteroatoms. The molecule has 0 bridgehead atoms. The van der Waals surface area contributed by atoms with E-state index in [-0.39, 0.29) is 5.97 Å². The number of esters is 1. The molecule has 0 amide bonds. The molecule has 0 fully saturated rings. The summed E-state index contributed by atoms with van der Waals surface area (Å²) in [4.78, 5) is 10.6. The number of benzene rings is 1. The van der Waals surface area contributed by atoms with Crippen molar-refractivity contribution < 1.29 is 14.3 Å². The molecule has 100 valence electrons. The second-order valence-corrected chi connectivity index (χ2v) is 4.01. The molecule has 0 aromatic heterocycles. The lowest BCUT2D eigenvalue weighted by atomic mass is 10.2. The third-order valence-corrected chi connectivity index (χ3v) is 2.28. The molecule has 1 N–H and O–H groups in total. The van der Waals surface area contributed by atoms with Gasteiger partial charge in [-0.2, -0.15) is 0 Å². The topological polar surface area (TPSA) is 47.6 Å². The van der Waals surface area contributed by atoms with Gasteiger partial charge in [-0.3, -0.25) is 4.79 Å². The number of hydrogen-bond donors (Lipinski definition) is 1. The van der Waals surface area contributed by atoms with Crippen LogP contribution >= 0.6 is 0 Å². The lowest BCUT2D eigenvalue weighted by molar-refractivity contribution is -0.140. The Kier molecular flexibility index (Phi) is 6.87. The Hall–Kier alpha value is -1.55. The van der Waals surface area contributed by atoms with Gasteiger partial charge in [0.15, 0.2) is 0 Å². The van der Waals surface area contributed by atoms with Crippen molar-refractivity contribution in [2.75, 3.05) is 19.8 Å². The minimum atomic E-state index is -0.244. The molecule has 1 aromatic rings. The minimum Gasteiger partial charge on any atom is -0.494 e. The molecule has 4 nitrogen and oxygen atoms in total. The predicted octanol–water partition coefficient (Wildman–Crippen LogP) is 2.13. The largest absolute Gasteiger partial charge is 0.494 e. The van der Waals surface area contributed by atoms with Crippen LogP contribution in [0.25, 0.3) is 0 Å². The Balaban J connectivity index is 2.26. The van der Waals surface area contributed by atoms with Crippen LogP contribution in [0.3, 0.4) is 0 Å². The fourth-order valence-electron chi connectivity index (χ4n) is 1.46. The van der Waals surface area contributed by atoms with Gasteiger partial charge in [0.1, 0.15) is 12.4 Å². The highest BCUT2D eigenvalue weighted by atomic mass is 16.5. The van der Waals surface area contributed by atoms with E-state index in [4.69, 9.17) is 9.47 Å². The molecule has 0 spiro atoms. The Morgan fingerprint density at radius 2 is 2.17 bits per heavy atom. The minimum absolute atomic E-state index is 0.244. The predicted molar refractivity (Wildman–Crippen MR) is 70.6 cm³/mol. The summed E-state index contributed by atoms with van der Waals surface area (Å²) in [5, 5.41) is 3.21. The molecular formula is C14H21NO3. The molecule has 0 saturated carbocycles. The Labute approximate surface area is 108 Å². The summed E-state index contributed by atoms with van der Waals surface area (Å²) in [7, 11) is 0. The van der Waals surface area contributed by atoms with Gasteiger partial charge in [-0.15, -0.1) is 0 Å². The Morgan fingerprint density at radius 1 is 1.33 bits per heavy atom. The summed E-state index contributed by atoms with van der Waals surface area (Å²) in [6, 6.07) is 8.00. The van der Waals surface area contributed by atoms with Crippen LogP contribution in [0.1, 0.15) is 25.8 Å².